The number of rotatable bonds is 5. The lowest BCUT2D eigenvalue weighted by Gasteiger charge is -2.10. The molecule has 25 heavy (non-hydrogen) atoms. The zero-order valence-corrected chi connectivity index (χ0v) is 14.0. The van der Waals surface area contributed by atoms with Crippen LogP contribution in [0, 0.1) is 6.92 Å². The van der Waals surface area contributed by atoms with Gasteiger partial charge in [0, 0.05) is 34.1 Å². The highest BCUT2D eigenvalue weighted by Gasteiger charge is 2.10. The third kappa shape index (κ3) is 5.19. The van der Waals surface area contributed by atoms with Crippen molar-refractivity contribution in [2.45, 2.75) is 6.92 Å². The Balaban J connectivity index is 2.12. The number of carbonyl (C=O) groups is 3. The van der Waals surface area contributed by atoms with Crippen molar-refractivity contribution in [3.8, 4) is 0 Å². The average Bonchev–Trinajstić information content (AvgIpc) is 2.57. The van der Waals surface area contributed by atoms with Gasteiger partial charge in [-0.05, 0) is 42.8 Å². The maximum absolute atomic E-state index is 12.4. The minimum Gasteiger partial charge on any atom is -0.478 e. The molecule has 0 heterocycles. The summed E-state index contributed by atoms with van der Waals surface area (Å²) in [6.07, 6.45) is 1.62. The van der Waals surface area contributed by atoms with Crippen LogP contribution >= 0.6 is 11.6 Å². The van der Waals surface area contributed by atoms with E-state index in [2.05, 4.69) is 10.6 Å². The lowest BCUT2D eigenvalue weighted by atomic mass is 10.1. The van der Waals surface area contributed by atoms with E-state index in [1.54, 1.807) is 43.3 Å². The predicted octanol–water partition coefficient (Wildman–Crippen LogP) is 3.48. The number of carbonyl (C=O) groups excluding carboxylic acids is 2. The molecular formula is C18H15ClN2O4. The van der Waals surface area contributed by atoms with E-state index >= 15 is 0 Å². The molecule has 0 saturated carbocycles. The number of carboxylic acid groups (broad SMARTS) is 1. The first-order valence-electron chi connectivity index (χ1n) is 7.25. The van der Waals surface area contributed by atoms with Gasteiger partial charge in [-0.3, -0.25) is 9.59 Å². The van der Waals surface area contributed by atoms with Crippen molar-refractivity contribution in [1.82, 2.24) is 0 Å². The maximum Gasteiger partial charge on any atom is 0.328 e. The molecule has 0 aliphatic rings. The van der Waals surface area contributed by atoms with Crippen molar-refractivity contribution in [2.75, 3.05) is 10.6 Å². The van der Waals surface area contributed by atoms with Gasteiger partial charge in [-0.1, -0.05) is 23.7 Å². The summed E-state index contributed by atoms with van der Waals surface area (Å²) in [5.74, 6) is -2.19. The minimum absolute atomic E-state index is 0.333. The Kier molecular flexibility index (Phi) is 5.92. The number of carboxylic acids is 1. The van der Waals surface area contributed by atoms with Crippen LogP contribution in [0.2, 0.25) is 5.02 Å². The highest BCUT2D eigenvalue weighted by Crippen LogP contribution is 2.23. The van der Waals surface area contributed by atoms with Crippen molar-refractivity contribution >= 4 is 40.8 Å². The number of hydrogen-bond donors (Lipinski definition) is 3. The minimum atomic E-state index is -1.22. The third-order valence-electron chi connectivity index (χ3n) is 3.29. The second-order valence-corrected chi connectivity index (χ2v) is 5.52. The van der Waals surface area contributed by atoms with Crippen LogP contribution in [-0.4, -0.2) is 22.9 Å². The quantitative estimate of drug-likeness (QED) is 0.713. The van der Waals surface area contributed by atoms with Crippen LogP contribution in [0.15, 0.2) is 54.6 Å². The van der Waals surface area contributed by atoms with Crippen molar-refractivity contribution in [1.29, 1.82) is 0 Å². The second-order valence-electron chi connectivity index (χ2n) is 5.11. The van der Waals surface area contributed by atoms with Crippen molar-refractivity contribution in [3.05, 3.63) is 70.8 Å². The first kappa shape index (κ1) is 18.2. The molecule has 0 saturated heterocycles. The molecule has 0 aliphatic heterocycles. The number of anilines is 2. The Morgan fingerprint density at radius 2 is 1.76 bits per heavy atom. The van der Waals surface area contributed by atoms with E-state index in [1.165, 1.54) is 6.07 Å². The maximum atomic E-state index is 12.4. The van der Waals surface area contributed by atoms with Crippen molar-refractivity contribution in [2.24, 2.45) is 0 Å². The van der Waals surface area contributed by atoms with Crippen LogP contribution < -0.4 is 10.6 Å². The topological polar surface area (TPSA) is 95.5 Å². The molecule has 128 valence electrons. The number of aliphatic carboxylic acids is 1. The molecule has 0 unspecified atom stereocenters. The summed E-state index contributed by atoms with van der Waals surface area (Å²) in [5, 5.41) is 14.3. The molecule has 0 aromatic heterocycles. The van der Waals surface area contributed by atoms with Gasteiger partial charge in [-0.25, -0.2) is 4.79 Å². The van der Waals surface area contributed by atoms with Gasteiger partial charge in [0.05, 0.1) is 0 Å². The molecule has 0 spiro atoms. The van der Waals surface area contributed by atoms with Gasteiger partial charge in [-0.2, -0.15) is 0 Å². The van der Waals surface area contributed by atoms with E-state index in [4.69, 9.17) is 16.7 Å². The van der Waals surface area contributed by atoms with E-state index in [1.807, 2.05) is 0 Å². The van der Waals surface area contributed by atoms with Gasteiger partial charge in [0.25, 0.3) is 5.91 Å². The smallest absolute Gasteiger partial charge is 0.328 e. The summed E-state index contributed by atoms with van der Waals surface area (Å²) in [5.41, 5.74) is 2.05. The highest BCUT2D eigenvalue weighted by atomic mass is 35.5. The SMILES string of the molecule is Cc1c(Cl)cccc1NC(=O)c1cccc(NC(=O)C=CC(=O)O)c1. The summed E-state index contributed by atoms with van der Waals surface area (Å²) < 4.78 is 0. The van der Waals surface area contributed by atoms with Gasteiger partial charge in [0.2, 0.25) is 5.91 Å². The lowest BCUT2D eigenvalue weighted by molar-refractivity contribution is -0.131. The van der Waals surface area contributed by atoms with Crippen molar-refractivity contribution < 1.29 is 19.5 Å². The molecule has 2 amide bonds. The van der Waals surface area contributed by atoms with E-state index in [0.29, 0.717) is 22.0 Å². The largest absolute Gasteiger partial charge is 0.478 e. The van der Waals surface area contributed by atoms with E-state index in [0.717, 1.165) is 17.7 Å². The molecule has 3 N–H and O–H groups in total. The molecular weight excluding hydrogens is 344 g/mol. The van der Waals surface area contributed by atoms with Crippen LogP contribution in [0.5, 0.6) is 0 Å². The fourth-order valence-corrected chi connectivity index (χ4v) is 2.18. The second kappa shape index (κ2) is 8.12. The average molecular weight is 359 g/mol. The van der Waals surface area contributed by atoms with Gasteiger partial charge in [0.15, 0.2) is 0 Å². The molecule has 7 heteroatoms. The molecule has 6 nitrogen and oxygen atoms in total. The Bertz CT molecular complexity index is 862. The van der Waals surface area contributed by atoms with Crippen LogP contribution in [0.4, 0.5) is 11.4 Å². The van der Waals surface area contributed by atoms with Gasteiger partial charge in [-0.15, -0.1) is 0 Å². The van der Waals surface area contributed by atoms with Crippen molar-refractivity contribution in [3.63, 3.8) is 0 Å². The predicted molar refractivity (Wildman–Crippen MR) is 96.0 cm³/mol. The normalized spacial score (nSPS) is 10.5. The zero-order valence-electron chi connectivity index (χ0n) is 13.2. The summed E-state index contributed by atoms with van der Waals surface area (Å²) in [6, 6.07) is 11.5. The Labute approximate surface area is 149 Å². The fraction of sp³-hybridized carbons (Fsp3) is 0.0556. The zero-order chi connectivity index (χ0) is 18.4. The fourth-order valence-electron chi connectivity index (χ4n) is 2.01. The number of nitrogens with one attached hydrogen (secondary N) is 2. The van der Waals surface area contributed by atoms with Crippen LogP contribution in [0.25, 0.3) is 0 Å². The Hall–Kier alpha value is -3.12. The summed E-state index contributed by atoms with van der Waals surface area (Å²) in [4.78, 5) is 34.4. The Morgan fingerprint density at radius 1 is 1.04 bits per heavy atom. The van der Waals surface area contributed by atoms with Gasteiger partial charge in [0.1, 0.15) is 0 Å². The van der Waals surface area contributed by atoms with Crippen LogP contribution in [0.3, 0.4) is 0 Å². The molecule has 0 radical (unpaired) electrons. The molecule has 2 aromatic carbocycles. The number of halogens is 1. The monoisotopic (exact) mass is 358 g/mol. The number of benzene rings is 2. The summed E-state index contributed by atoms with van der Waals surface area (Å²) >= 11 is 6.03. The van der Waals surface area contributed by atoms with Gasteiger partial charge < -0.3 is 15.7 Å². The van der Waals surface area contributed by atoms with E-state index in [-0.39, 0.29) is 5.91 Å². The molecule has 0 fully saturated rings. The number of amides is 2. The van der Waals surface area contributed by atoms with E-state index < -0.39 is 11.9 Å². The summed E-state index contributed by atoms with van der Waals surface area (Å²) in [6.45, 7) is 1.80. The van der Waals surface area contributed by atoms with Crippen LogP contribution in [0.1, 0.15) is 15.9 Å². The van der Waals surface area contributed by atoms with E-state index in [9.17, 15) is 14.4 Å². The summed E-state index contributed by atoms with van der Waals surface area (Å²) in [7, 11) is 0. The standard InChI is InChI=1S/C18H15ClN2O4/c1-11-14(19)6-3-7-15(11)21-18(25)12-4-2-5-13(10-12)20-16(22)8-9-17(23)24/h2-10H,1H3,(H,20,22)(H,21,25)(H,23,24). The first-order chi connectivity index (χ1) is 11.9. The lowest BCUT2D eigenvalue weighted by Crippen LogP contribution is -2.14. The number of hydrogen-bond acceptors (Lipinski definition) is 3. The van der Waals surface area contributed by atoms with Crippen LogP contribution in [-0.2, 0) is 9.59 Å². The first-order valence-corrected chi connectivity index (χ1v) is 7.63. The third-order valence-corrected chi connectivity index (χ3v) is 3.69. The molecule has 2 rings (SSSR count). The molecule has 2 aromatic rings. The highest BCUT2D eigenvalue weighted by molar-refractivity contribution is 6.31. The molecule has 0 atom stereocenters. The molecule has 0 aliphatic carbocycles. The Morgan fingerprint density at radius 3 is 2.48 bits per heavy atom. The molecule has 0 bridgehead atoms. The van der Waals surface area contributed by atoms with Gasteiger partial charge >= 0.3 is 5.97 Å².